The molecule has 0 radical (unpaired) electrons. The first-order chi connectivity index (χ1) is 12.8. The number of ketones is 1. The molecule has 1 saturated carbocycles. The topological polar surface area (TPSA) is 47.8 Å². The molecule has 6 heteroatoms. The molecular weight excluding hydrogens is 362 g/mol. The van der Waals surface area contributed by atoms with E-state index in [-0.39, 0.29) is 5.78 Å². The van der Waals surface area contributed by atoms with E-state index in [0.717, 1.165) is 47.1 Å². The van der Waals surface area contributed by atoms with E-state index in [1.807, 2.05) is 18.2 Å². The highest BCUT2D eigenvalue weighted by molar-refractivity contribution is 7.99. The highest BCUT2D eigenvalue weighted by atomic mass is 32.2. The van der Waals surface area contributed by atoms with Gasteiger partial charge in [0, 0.05) is 11.6 Å². The summed E-state index contributed by atoms with van der Waals surface area (Å²) < 4.78 is 2.22. The number of benzene rings is 1. The average molecular weight is 384 g/mol. The fraction of sp³-hybridized carbons (Fsp3) is 0.350. The third-order valence-electron chi connectivity index (χ3n) is 4.47. The van der Waals surface area contributed by atoms with Crippen molar-refractivity contribution in [3.8, 4) is 10.7 Å². The zero-order chi connectivity index (χ0) is 17.9. The monoisotopic (exact) mass is 383 g/mol. The molecule has 0 spiro atoms. The predicted molar refractivity (Wildman–Crippen MR) is 107 cm³/mol. The van der Waals surface area contributed by atoms with Gasteiger partial charge in [0.05, 0.1) is 10.6 Å². The lowest BCUT2D eigenvalue weighted by Gasteiger charge is -2.07. The predicted octanol–water partition coefficient (Wildman–Crippen LogP) is 5.27. The molecule has 4 rings (SSSR count). The summed E-state index contributed by atoms with van der Waals surface area (Å²) in [6.45, 7) is 2.16. The van der Waals surface area contributed by atoms with Crippen LogP contribution in [0.3, 0.4) is 0 Å². The number of aromatic nitrogens is 3. The first-order valence-corrected chi connectivity index (χ1v) is 10.9. The maximum atomic E-state index is 12.5. The van der Waals surface area contributed by atoms with Crippen molar-refractivity contribution < 1.29 is 4.79 Å². The lowest BCUT2D eigenvalue weighted by atomic mass is 10.1. The third kappa shape index (κ3) is 3.76. The maximum Gasteiger partial charge on any atom is 0.192 e. The Morgan fingerprint density at radius 3 is 2.69 bits per heavy atom. The van der Waals surface area contributed by atoms with Crippen molar-refractivity contribution in [2.24, 2.45) is 0 Å². The van der Waals surface area contributed by atoms with E-state index < -0.39 is 0 Å². The van der Waals surface area contributed by atoms with Crippen LogP contribution in [-0.4, -0.2) is 26.3 Å². The van der Waals surface area contributed by atoms with Gasteiger partial charge < -0.3 is 0 Å². The van der Waals surface area contributed by atoms with Gasteiger partial charge in [-0.1, -0.05) is 55.4 Å². The van der Waals surface area contributed by atoms with Crippen molar-refractivity contribution in [1.29, 1.82) is 0 Å². The average Bonchev–Trinajstić information content (AvgIpc) is 3.18. The van der Waals surface area contributed by atoms with Crippen LogP contribution in [0.2, 0.25) is 0 Å². The lowest BCUT2D eigenvalue weighted by Crippen LogP contribution is -2.05. The van der Waals surface area contributed by atoms with Gasteiger partial charge in [0.1, 0.15) is 0 Å². The molecule has 1 aromatic carbocycles. The summed E-state index contributed by atoms with van der Waals surface area (Å²) in [5.41, 5.74) is 2.05. The molecule has 0 atom stereocenters. The smallest absolute Gasteiger partial charge is 0.192 e. The van der Waals surface area contributed by atoms with Gasteiger partial charge in [0.25, 0.3) is 0 Å². The van der Waals surface area contributed by atoms with Gasteiger partial charge in [-0.05, 0) is 36.3 Å². The lowest BCUT2D eigenvalue weighted by molar-refractivity contribution is 0.102. The molecule has 0 aliphatic heterocycles. The van der Waals surface area contributed by atoms with E-state index in [4.69, 9.17) is 0 Å². The molecule has 0 bridgehead atoms. The van der Waals surface area contributed by atoms with Gasteiger partial charge in [0.2, 0.25) is 0 Å². The minimum absolute atomic E-state index is 0.140. The van der Waals surface area contributed by atoms with E-state index >= 15 is 0 Å². The zero-order valence-electron chi connectivity index (χ0n) is 14.7. The van der Waals surface area contributed by atoms with E-state index in [9.17, 15) is 4.79 Å². The van der Waals surface area contributed by atoms with E-state index in [1.165, 1.54) is 17.3 Å². The quantitative estimate of drug-likeness (QED) is 0.393. The molecule has 3 aromatic rings. The Balaban J connectivity index is 1.47. The molecule has 4 nitrogen and oxygen atoms in total. The SMILES string of the molecule is CCCc1ccc(C(=O)CSc2nnc(-c3cccs3)n2C2CC2)cc1. The van der Waals surface area contributed by atoms with Crippen molar-refractivity contribution >= 4 is 28.9 Å². The van der Waals surface area contributed by atoms with E-state index in [2.05, 4.69) is 45.3 Å². The maximum absolute atomic E-state index is 12.5. The summed E-state index contributed by atoms with van der Waals surface area (Å²) in [6.07, 6.45) is 4.50. The fourth-order valence-electron chi connectivity index (χ4n) is 2.97. The van der Waals surface area contributed by atoms with Crippen molar-refractivity contribution in [3.05, 3.63) is 52.9 Å². The van der Waals surface area contributed by atoms with Crippen LogP contribution >= 0.6 is 23.1 Å². The second-order valence-corrected chi connectivity index (χ2v) is 8.43. The molecule has 1 fully saturated rings. The molecule has 0 saturated heterocycles. The zero-order valence-corrected chi connectivity index (χ0v) is 16.4. The van der Waals surface area contributed by atoms with Gasteiger partial charge in [0.15, 0.2) is 16.8 Å². The van der Waals surface area contributed by atoms with Crippen LogP contribution in [0.25, 0.3) is 10.7 Å². The molecule has 0 N–H and O–H groups in total. The van der Waals surface area contributed by atoms with Crippen LogP contribution in [0.4, 0.5) is 0 Å². The number of rotatable bonds is 8. The molecule has 0 amide bonds. The summed E-state index contributed by atoms with van der Waals surface area (Å²) in [4.78, 5) is 13.7. The van der Waals surface area contributed by atoms with Crippen LogP contribution in [0.5, 0.6) is 0 Å². The highest BCUT2D eigenvalue weighted by Gasteiger charge is 2.30. The van der Waals surface area contributed by atoms with Gasteiger partial charge in [-0.25, -0.2) is 0 Å². The number of hydrogen-bond donors (Lipinski definition) is 0. The number of carbonyl (C=O) groups is 1. The Hall–Kier alpha value is -1.92. The number of hydrogen-bond acceptors (Lipinski definition) is 5. The molecule has 134 valence electrons. The van der Waals surface area contributed by atoms with Gasteiger partial charge in [-0.3, -0.25) is 9.36 Å². The Labute approximate surface area is 161 Å². The van der Waals surface area contributed by atoms with Crippen LogP contribution in [-0.2, 0) is 6.42 Å². The number of aryl methyl sites for hydroxylation is 1. The van der Waals surface area contributed by atoms with Crippen LogP contribution in [0.1, 0.15) is 48.1 Å². The molecule has 26 heavy (non-hydrogen) atoms. The highest BCUT2D eigenvalue weighted by Crippen LogP contribution is 2.41. The third-order valence-corrected chi connectivity index (χ3v) is 6.27. The second kappa shape index (κ2) is 7.76. The van der Waals surface area contributed by atoms with Crippen molar-refractivity contribution in [2.45, 2.75) is 43.8 Å². The first kappa shape index (κ1) is 17.5. The number of carbonyl (C=O) groups excluding carboxylic acids is 1. The number of Topliss-reactive ketones (excluding diaryl/α,β-unsaturated/α-hetero) is 1. The normalized spacial score (nSPS) is 13.9. The second-order valence-electron chi connectivity index (χ2n) is 6.54. The summed E-state index contributed by atoms with van der Waals surface area (Å²) >= 11 is 3.17. The van der Waals surface area contributed by atoms with Crippen LogP contribution in [0.15, 0.2) is 46.9 Å². The largest absolute Gasteiger partial charge is 0.298 e. The molecule has 0 unspecified atom stereocenters. The van der Waals surface area contributed by atoms with E-state index in [1.54, 1.807) is 11.3 Å². The molecule has 2 heterocycles. The summed E-state index contributed by atoms with van der Waals surface area (Å²) in [5.74, 6) is 1.46. The fourth-order valence-corrected chi connectivity index (χ4v) is 4.58. The number of nitrogens with zero attached hydrogens (tertiary/aromatic N) is 3. The minimum atomic E-state index is 0.140. The van der Waals surface area contributed by atoms with Crippen molar-refractivity contribution in [1.82, 2.24) is 14.8 Å². The van der Waals surface area contributed by atoms with Gasteiger partial charge in [-0.2, -0.15) is 0 Å². The first-order valence-electron chi connectivity index (χ1n) is 9.00. The van der Waals surface area contributed by atoms with Crippen LogP contribution in [0, 0.1) is 0 Å². The molecular formula is C20H21N3OS2. The molecule has 1 aliphatic rings. The Kier molecular flexibility index (Phi) is 5.22. The summed E-state index contributed by atoms with van der Waals surface area (Å²) in [5, 5.41) is 11.7. The van der Waals surface area contributed by atoms with Gasteiger partial charge in [-0.15, -0.1) is 21.5 Å². The molecule has 1 aliphatic carbocycles. The minimum Gasteiger partial charge on any atom is -0.298 e. The van der Waals surface area contributed by atoms with Crippen LogP contribution < -0.4 is 0 Å². The molecule has 2 aromatic heterocycles. The summed E-state index contributed by atoms with van der Waals surface area (Å²) in [7, 11) is 0. The standard InChI is InChI=1S/C20H21N3OS2/c1-2-4-14-6-8-15(9-7-14)17(24)13-26-20-22-21-19(18-5-3-12-25-18)23(20)16-10-11-16/h3,5-9,12,16H,2,4,10-11,13H2,1H3. The Morgan fingerprint density at radius 2 is 2.04 bits per heavy atom. The number of thiophene rings is 1. The van der Waals surface area contributed by atoms with Crippen molar-refractivity contribution in [2.75, 3.05) is 5.75 Å². The van der Waals surface area contributed by atoms with Gasteiger partial charge >= 0.3 is 0 Å². The van der Waals surface area contributed by atoms with E-state index in [0.29, 0.717) is 11.8 Å². The van der Waals surface area contributed by atoms with Crippen molar-refractivity contribution in [3.63, 3.8) is 0 Å². The Morgan fingerprint density at radius 1 is 1.23 bits per heavy atom. The number of thioether (sulfide) groups is 1. The Bertz CT molecular complexity index is 880. The summed E-state index contributed by atoms with van der Waals surface area (Å²) in [6, 6.07) is 12.6.